The van der Waals surface area contributed by atoms with Gasteiger partial charge in [-0.1, -0.05) is 0 Å². The smallest absolute Gasteiger partial charge is 0.311 e. The summed E-state index contributed by atoms with van der Waals surface area (Å²) in [5.41, 5.74) is 6.62. The van der Waals surface area contributed by atoms with Crippen LogP contribution in [0, 0.1) is 24.0 Å². The minimum absolute atomic E-state index is 0.0754. The monoisotopic (exact) mass is 278 g/mol. The number of anilines is 2. The van der Waals surface area contributed by atoms with Gasteiger partial charge < -0.3 is 11.1 Å². The second kappa shape index (κ2) is 5.23. The summed E-state index contributed by atoms with van der Waals surface area (Å²) in [6, 6.07) is 5.03. The van der Waals surface area contributed by atoms with Gasteiger partial charge in [-0.2, -0.15) is 0 Å². The van der Waals surface area contributed by atoms with Crippen LogP contribution >= 0.6 is 11.3 Å². The van der Waals surface area contributed by atoms with Crippen LogP contribution in [0.1, 0.15) is 15.3 Å². The lowest BCUT2D eigenvalue weighted by Crippen LogP contribution is -2.04. The van der Waals surface area contributed by atoms with Crippen molar-refractivity contribution in [1.82, 2.24) is 4.98 Å². The van der Waals surface area contributed by atoms with Crippen LogP contribution in [0.15, 0.2) is 18.2 Å². The Hall–Kier alpha value is -2.15. The molecule has 7 heteroatoms. The van der Waals surface area contributed by atoms with Gasteiger partial charge in [-0.15, -0.1) is 11.3 Å². The maximum Gasteiger partial charge on any atom is 0.311 e. The Kier molecular flexibility index (Phi) is 3.66. The number of hydrogen-bond acceptors (Lipinski definition) is 6. The number of aryl methyl sites for hydroxylation is 2. The predicted molar refractivity (Wildman–Crippen MR) is 76.4 cm³/mol. The molecule has 0 spiro atoms. The highest BCUT2D eigenvalue weighted by molar-refractivity contribution is 7.12. The Labute approximate surface area is 114 Å². The Morgan fingerprint density at radius 2 is 2.21 bits per heavy atom. The molecule has 0 aromatic carbocycles. The fraction of sp³-hybridized carbons (Fsp3) is 0.250. The summed E-state index contributed by atoms with van der Waals surface area (Å²) in [5, 5.41) is 13.7. The van der Waals surface area contributed by atoms with Crippen LogP contribution < -0.4 is 11.1 Å². The van der Waals surface area contributed by atoms with Crippen LogP contribution in [0.3, 0.4) is 0 Å². The van der Waals surface area contributed by atoms with Crippen molar-refractivity contribution >= 4 is 28.7 Å². The first kappa shape index (κ1) is 13.3. The third-order valence-electron chi connectivity index (χ3n) is 2.76. The van der Waals surface area contributed by atoms with Gasteiger partial charge in [-0.05, 0) is 31.5 Å². The van der Waals surface area contributed by atoms with Gasteiger partial charge in [0.15, 0.2) is 0 Å². The molecule has 6 nitrogen and oxygen atoms in total. The van der Waals surface area contributed by atoms with Crippen LogP contribution in [-0.4, -0.2) is 9.91 Å². The Morgan fingerprint density at radius 3 is 2.74 bits per heavy atom. The second-order valence-electron chi connectivity index (χ2n) is 4.16. The fourth-order valence-electron chi connectivity index (χ4n) is 1.63. The molecule has 0 saturated heterocycles. The number of nitrogens with two attached hydrogens (primary N) is 1. The lowest BCUT2D eigenvalue weighted by molar-refractivity contribution is -0.384. The van der Waals surface area contributed by atoms with Gasteiger partial charge in [0.1, 0.15) is 5.82 Å². The SMILES string of the molecule is Cc1cc(CNc2ccc([N+](=O)[O-])c(N)n2)sc1C. The Bertz CT molecular complexity index is 605. The topological polar surface area (TPSA) is 94.1 Å². The largest absolute Gasteiger partial charge is 0.378 e. The summed E-state index contributed by atoms with van der Waals surface area (Å²) in [7, 11) is 0. The Morgan fingerprint density at radius 1 is 1.47 bits per heavy atom. The van der Waals surface area contributed by atoms with Crippen molar-refractivity contribution in [2.75, 3.05) is 11.1 Å². The summed E-state index contributed by atoms with van der Waals surface area (Å²) in [6.07, 6.45) is 0. The molecule has 2 aromatic heterocycles. The van der Waals surface area contributed by atoms with E-state index in [1.807, 2.05) is 0 Å². The predicted octanol–water partition coefficient (Wildman–Crippen LogP) is 2.86. The van der Waals surface area contributed by atoms with Crippen molar-refractivity contribution in [2.24, 2.45) is 0 Å². The van der Waals surface area contributed by atoms with E-state index in [-0.39, 0.29) is 11.5 Å². The highest BCUT2D eigenvalue weighted by Gasteiger charge is 2.12. The van der Waals surface area contributed by atoms with Crippen LogP contribution in [-0.2, 0) is 6.54 Å². The van der Waals surface area contributed by atoms with Gasteiger partial charge in [0.2, 0.25) is 5.82 Å². The number of thiophene rings is 1. The van der Waals surface area contributed by atoms with Gasteiger partial charge in [0.25, 0.3) is 0 Å². The number of nitrogens with one attached hydrogen (secondary N) is 1. The van der Waals surface area contributed by atoms with Crippen LogP contribution in [0.5, 0.6) is 0 Å². The van der Waals surface area contributed by atoms with Gasteiger partial charge >= 0.3 is 5.69 Å². The second-order valence-corrected chi connectivity index (χ2v) is 5.50. The van der Waals surface area contributed by atoms with Crippen molar-refractivity contribution in [1.29, 1.82) is 0 Å². The van der Waals surface area contributed by atoms with Crippen molar-refractivity contribution in [3.8, 4) is 0 Å². The van der Waals surface area contributed by atoms with E-state index in [2.05, 4.69) is 30.2 Å². The molecule has 0 aliphatic carbocycles. The van der Waals surface area contributed by atoms with E-state index < -0.39 is 4.92 Å². The molecule has 0 atom stereocenters. The highest BCUT2D eigenvalue weighted by atomic mass is 32.1. The van der Waals surface area contributed by atoms with Gasteiger partial charge in [0, 0.05) is 15.8 Å². The van der Waals surface area contributed by atoms with Crippen molar-refractivity contribution in [3.63, 3.8) is 0 Å². The summed E-state index contributed by atoms with van der Waals surface area (Å²) < 4.78 is 0. The van der Waals surface area contributed by atoms with E-state index >= 15 is 0 Å². The third kappa shape index (κ3) is 3.00. The lowest BCUT2D eigenvalue weighted by atomic mass is 10.3. The molecule has 19 heavy (non-hydrogen) atoms. The minimum Gasteiger partial charge on any atom is -0.378 e. The molecule has 0 bridgehead atoms. The van der Waals surface area contributed by atoms with E-state index in [0.717, 1.165) is 0 Å². The molecule has 0 unspecified atom stereocenters. The molecule has 100 valence electrons. The van der Waals surface area contributed by atoms with Crippen LogP contribution in [0.2, 0.25) is 0 Å². The van der Waals surface area contributed by atoms with E-state index in [1.54, 1.807) is 17.4 Å². The number of nitrogens with zero attached hydrogens (tertiary/aromatic N) is 2. The van der Waals surface area contributed by atoms with E-state index in [4.69, 9.17) is 5.73 Å². The third-order valence-corrected chi connectivity index (χ3v) is 3.91. The lowest BCUT2D eigenvalue weighted by Gasteiger charge is -2.04. The van der Waals surface area contributed by atoms with E-state index in [1.165, 1.54) is 21.4 Å². The normalized spacial score (nSPS) is 10.4. The molecule has 2 rings (SSSR count). The Balaban J connectivity index is 2.08. The average Bonchev–Trinajstić information content (AvgIpc) is 2.66. The number of nitrogen functional groups attached to an aromatic ring is 1. The maximum atomic E-state index is 10.6. The molecule has 0 aliphatic heterocycles. The molecule has 2 aromatic rings. The average molecular weight is 278 g/mol. The number of pyridine rings is 1. The number of rotatable bonds is 4. The minimum atomic E-state index is -0.544. The summed E-state index contributed by atoms with van der Waals surface area (Å²) in [4.78, 5) is 16.5. The molecule has 0 fully saturated rings. The molecular weight excluding hydrogens is 264 g/mol. The summed E-state index contributed by atoms with van der Waals surface area (Å²) in [5.74, 6) is 0.459. The molecule has 2 heterocycles. The van der Waals surface area contributed by atoms with Gasteiger partial charge in [0.05, 0.1) is 11.5 Å². The van der Waals surface area contributed by atoms with Crippen molar-refractivity contribution < 1.29 is 4.92 Å². The van der Waals surface area contributed by atoms with Crippen LogP contribution in [0.4, 0.5) is 17.3 Å². The molecular formula is C12H14N4O2S. The summed E-state index contributed by atoms with van der Waals surface area (Å²) >= 11 is 1.72. The van der Waals surface area contributed by atoms with Gasteiger partial charge in [-0.3, -0.25) is 10.1 Å². The first-order chi connectivity index (χ1) is 8.97. The molecule has 0 amide bonds. The molecule has 3 N–H and O–H groups in total. The number of hydrogen-bond donors (Lipinski definition) is 2. The highest BCUT2D eigenvalue weighted by Crippen LogP contribution is 2.23. The first-order valence-electron chi connectivity index (χ1n) is 5.68. The molecule has 0 aliphatic rings. The summed E-state index contributed by atoms with van der Waals surface area (Å²) in [6.45, 7) is 4.77. The fourth-order valence-corrected chi connectivity index (χ4v) is 2.63. The van der Waals surface area contributed by atoms with E-state index in [9.17, 15) is 10.1 Å². The van der Waals surface area contributed by atoms with Gasteiger partial charge in [-0.25, -0.2) is 4.98 Å². The van der Waals surface area contributed by atoms with E-state index in [0.29, 0.717) is 12.4 Å². The first-order valence-corrected chi connectivity index (χ1v) is 6.49. The quantitative estimate of drug-likeness (QED) is 0.662. The van der Waals surface area contributed by atoms with Crippen LogP contribution in [0.25, 0.3) is 0 Å². The van der Waals surface area contributed by atoms with Crippen molar-refractivity contribution in [3.05, 3.63) is 43.6 Å². The number of aromatic nitrogens is 1. The zero-order chi connectivity index (χ0) is 14.0. The number of nitro groups is 1. The van der Waals surface area contributed by atoms with Crippen molar-refractivity contribution in [2.45, 2.75) is 20.4 Å². The maximum absolute atomic E-state index is 10.6. The standard InChI is InChI=1S/C12H14N4O2S/c1-7-5-9(19-8(7)2)6-14-11-4-3-10(16(17)18)12(13)15-11/h3-5H,6H2,1-2H3,(H3,13,14,15). The zero-order valence-corrected chi connectivity index (χ0v) is 11.5. The zero-order valence-electron chi connectivity index (χ0n) is 10.6. The molecule has 0 radical (unpaired) electrons. The molecule has 0 saturated carbocycles.